The van der Waals surface area contributed by atoms with E-state index >= 15 is 0 Å². The van der Waals surface area contributed by atoms with Crippen LogP contribution in [0.5, 0.6) is 0 Å². The van der Waals surface area contributed by atoms with E-state index in [1.165, 1.54) is 0 Å². The van der Waals surface area contributed by atoms with E-state index in [0.29, 0.717) is 43.1 Å². The molecule has 0 saturated carbocycles. The Labute approximate surface area is 173 Å². The van der Waals surface area contributed by atoms with Crippen LogP contribution in [0.1, 0.15) is 27.3 Å². The number of anilines is 1. The summed E-state index contributed by atoms with van der Waals surface area (Å²) in [5.41, 5.74) is 0.624. The largest absolute Gasteiger partial charge is 0.417 e. The Hall–Kier alpha value is -2.04. The van der Waals surface area contributed by atoms with Crippen LogP contribution in [-0.4, -0.2) is 46.2 Å². The molecule has 1 fully saturated rings. The number of aromatic amines is 1. The minimum absolute atomic E-state index is 0.153. The van der Waals surface area contributed by atoms with Gasteiger partial charge in [0.2, 0.25) is 0 Å². The third-order valence-electron chi connectivity index (χ3n) is 4.61. The number of carbonyl (C=O) groups is 1. The Morgan fingerprint density at radius 3 is 2.45 bits per heavy atom. The van der Waals surface area contributed by atoms with E-state index < -0.39 is 27.7 Å². The fraction of sp³-hybridized carbons (Fsp3) is 0.389. The third kappa shape index (κ3) is 4.59. The van der Waals surface area contributed by atoms with E-state index in [0.717, 1.165) is 18.2 Å². The number of aryl methyl sites for hydroxylation is 2. The molecular formula is C18H20ClF3N4O2S. The number of piperazine rings is 1. The van der Waals surface area contributed by atoms with E-state index in [9.17, 15) is 22.2 Å². The molecule has 0 radical (unpaired) electrons. The highest BCUT2D eigenvalue weighted by Gasteiger charge is 2.33. The first kappa shape index (κ1) is 21.7. The molecule has 1 amide bonds. The lowest BCUT2D eigenvalue weighted by Crippen LogP contribution is -2.46. The zero-order chi connectivity index (χ0) is 21.3. The second-order valence-electron chi connectivity index (χ2n) is 6.68. The summed E-state index contributed by atoms with van der Waals surface area (Å²) in [6, 6.07) is 3.04. The van der Waals surface area contributed by atoms with Crippen molar-refractivity contribution in [3.05, 3.63) is 45.7 Å². The number of hydrogen-bond donors (Lipinski definition) is 3. The van der Waals surface area contributed by atoms with Crippen LogP contribution in [0.4, 0.5) is 18.9 Å². The normalized spacial score (nSPS) is 16.0. The quantitative estimate of drug-likeness (QED) is 0.670. The number of H-pyrrole nitrogens is 1. The molecule has 3 N–H and O–H groups in total. The SMILES string of the molecule is Cc1[nH]c(C)c(S(=O)Nc2ccc(C(F)(F)F)c(Cl)c2)c1C(=O)N1CCNCC1. The van der Waals surface area contributed by atoms with E-state index in [2.05, 4.69) is 15.0 Å². The molecular weight excluding hydrogens is 429 g/mol. The summed E-state index contributed by atoms with van der Waals surface area (Å²) in [5, 5.41) is 2.66. The number of amides is 1. The summed E-state index contributed by atoms with van der Waals surface area (Å²) in [7, 11) is -1.88. The summed E-state index contributed by atoms with van der Waals surface area (Å²) in [4.78, 5) is 18.0. The maximum atomic E-state index is 13.0. The number of rotatable bonds is 4. The van der Waals surface area contributed by atoms with Gasteiger partial charge in [-0.25, -0.2) is 4.21 Å². The standard InChI is InChI=1S/C18H20ClF3N4O2S/c1-10-15(17(27)26-7-5-23-6-8-26)16(11(2)24-10)29(28)25-12-3-4-13(14(19)9-12)18(20,21)22/h3-4,9,23-25H,5-8H2,1-2H3. The van der Waals surface area contributed by atoms with Gasteiger partial charge >= 0.3 is 6.18 Å². The van der Waals surface area contributed by atoms with Crippen molar-refractivity contribution < 1.29 is 22.2 Å². The third-order valence-corrected chi connectivity index (χ3v) is 6.22. The lowest BCUT2D eigenvalue weighted by molar-refractivity contribution is -0.137. The number of benzene rings is 1. The van der Waals surface area contributed by atoms with Crippen molar-refractivity contribution in [2.75, 3.05) is 30.9 Å². The highest BCUT2D eigenvalue weighted by atomic mass is 35.5. The van der Waals surface area contributed by atoms with Gasteiger partial charge in [-0.1, -0.05) is 11.6 Å². The monoisotopic (exact) mass is 448 g/mol. The van der Waals surface area contributed by atoms with Gasteiger partial charge < -0.3 is 19.9 Å². The predicted octanol–water partition coefficient (Wildman–Crippen LogP) is 3.48. The Morgan fingerprint density at radius 1 is 1.21 bits per heavy atom. The van der Waals surface area contributed by atoms with Crippen LogP contribution >= 0.6 is 11.6 Å². The number of nitrogens with zero attached hydrogens (tertiary/aromatic N) is 1. The van der Waals surface area contributed by atoms with Gasteiger partial charge in [-0.15, -0.1) is 0 Å². The first-order chi connectivity index (χ1) is 13.6. The number of aromatic nitrogens is 1. The minimum atomic E-state index is -4.58. The highest BCUT2D eigenvalue weighted by molar-refractivity contribution is 7.86. The Kier molecular flexibility index (Phi) is 6.25. The molecule has 1 unspecified atom stereocenters. The maximum Gasteiger partial charge on any atom is 0.417 e. The van der Waals surface area contributed by atoms with Crippen molar-refractivity contribution in [3.8, 4) is 0 Å². The van der Waals surface area contributed by atoms with Crippen molar-refractivity contribution in [3.63, 3.8) is 0 Å². The second-order valence-corrected chi connectivity index (χ2v) is 8.24. The molecule has 1 aliphatic rings. The molecule has 1 aromatic carbocycles. The van der Waals surface area contributed by atoms with Crippen molar-refractivity contribution in [2.45, 2.75) is 24.9 Å². The topological polar surface area (TPSA) is 77.2 Å². The number of alkyl halides is 3. The van der Waals surface area contributed by atoms with Gasteiger partial charge in [0.15, 0.2) is 11.0 Å². The first-order valence-corrected chi connectivity index (χ1v) is 10.4. The molecule has 2 aromatic rings. The van der Waals surface area contributed by atoms with E-state index in [4.69, 9.17) is 11.6 Å². The second kappa shape index (κ2) is 8.37. The average Bonchev–Trinajstić information content (AvgIpc) is 2.94. The summed E-state index contributed by atoms with van der Waals surface area (Å²) in [5.74, 6) is -0.232. The maximum absolute atomic E-state index is 13.0. The van der Waals surface area contributed by atoms with Crippen LogP contribution in [0.3, 0.4) is 0 Å². The predicted molar refractivity (Wildman–Crippen MR) is 106 cm³/mol. The van der Waals surface area contributed by atoms with Crippen molar-refractivity contribution in [1.29, 1.82) is 0 Å². The number of halogens is 4. The van der Waals surface area contributed by atoms with Gasteiger partial charge in [-0.2, -0.15) is 13.2 Å². The Balaban J connectivity index is 1.88. The molecule has 1 aromatic heterocycles. The first-order valence-electron chi connectivity index (χ1n) is 8.84. The molecule has 2 heterocycles. The number of carbonyl (C=O) groups excluding carboxylic acids is 1. The number of nitrogens with one attached hydrogen (secondary N) is 3. The fourth-order valence-electron chi connectivity index (χ4n) is 3.24. The van der Waals surface area contributed by atoms with Crippen LogP contribution in [0.2, 0.25) is 5.02 Å². The van der Waals surface area contributed by atoms with Crippen LogP contribution in [0.25, 0.3) is 0 Å². The highest BCUT2D eigenvalue weighted by Crippen LogP contribution is 2.36. The summed E-state index contributed by atoms with van der Waals surface area (Å²) < 4.78 is 54.2. The van der Waals surface area contributed by atoms with Crippen LogP contribution in [0, 0.1) is 13.8 Å². The van der Waals surface area contributed by atoms with Crippen LogP contribution < -0.4 is 10.0 Å². The molecule has 6 nitrogen and oxygen atoms in total. The van der Waals surface area contributed by atoms with Crippen LogP contribution in [-0.2, 0) is 17.2 Å². The minimum Gasteiger partial charge on any atom is -0.361 e. The Morgan fingerprint density at radius 2 is 1.86 bits per heavy atom. The zero-order valence-electron chi connectivity index (χ0n) is 15.7. The molecule has 3 rings (SSSR count). The fourth-order valence-corrected chi connectivity index (χ4v) is 4.73. The molecule has 29 heavy (non-hydrogen) atoms. The van der Waals surface area contributed by atoms with Gasteiger partial charge in [0.1, 0.15) is 0 Å². The molecule has 0 spiro atoms. The lowest BCUT2D eigenvalue weighted by Gasteiger charge is -2.27. The zero-order valence-corrected chi connectivity index (χ0v) is 17.3. The van der Waals surface area contributed by atoms with Gasteiger partial charge in [0, 0.05) is 43.3 Å². The van der Waals surface area contributed by atoms with E-state index in [-0.39, 0.29) is 16.5 Å². The van der Waals surface area contributed by atoms with Gasteiger partial charge in [-0.3, -0.25) is 4.79 Å². The Bertz CT molecular complexity index is 955. The number of hydrogen-bond acceptors (Lipinski definition) is 3. The molecule has 1 atom stereocenters. The van der Waals surface area contributed by atoms with Crippen LogP contribution in [0.15, 0.2) is 23.1 Å². The molecule has 158 valence electrons. The van der Waals surface area contributed by atoms with Crippen molar-refractivity contribution in [2.24, 2.45) is 0 Å². The van der Waals surface area contributed by atoms with Gasteiger partial charge in [0.25, 0.3) is 5.91 Å². The summed E-state index contributed by atoms with van der Waals surface area (Å²) in [6.45, 7) is 5.84. The van der Waals surface area contributed by atoms with Gasteiger partial charge in [-0.05, 0) is 32.0 Å². The van der Waals surface area contributed by atoms with Crippen molar-refractivity contribution >= 4 is 34.2 Å². The summed E-state index contributed by atoms with van der Waals surface area (Å²) >= 11 is 5.73. The molecule has 1 aliphatic heterocycles. The molecule has 1 saturated heterocycles. The van der Waals surface area contributed by atoms with E-state index in [1.807, 2.05) is 0 Å². The lowest BCUT2D eigenvalue weighted by atomic mass is 10.2. The van der Waals surface area contributed by atoms with E-state index in [1.54, 1.807) is 18.7 Å². The molecule has 0 aliphatic carbocycles. The molecule has 11 heteroatoms. The van der Waals surface area contributed by atoms with Gasteiger partial charge in [0.05, 0.1) is 21.0 Å². The molecule has 0 bridgehead atoms. The smallest absolute Gasteiger partial charge is 0.361 e. The summed E-state index contributed by atoms with van der Waals surface area (Å²) in [6.07, 6.45) is -4.58. The average molecular weight is 449 g/mol. The van der Waals surface area contributed by atoms with Crippen molar-refractivity contribution in [1.82, 2.24) is 15.2 Å².